The van der Waals surface area contributed by atoms with Crippen LogP contribution < -0.4 is 10.2 Å². The van der Waals surface area contributed by atoms with Gasteiger partial charge < -0.3 is 24.6 Å². The summed E-state index contributed by atoms with van der Waals surface area (Å²) in [6, 6.07) is 8.30. The number of rotatable bonds is 0. The van der Waals surface area contributed by atoms with Crippen LogP contribution in [0.4, 0.5) is 5.69 Å². The molecule has 160 valence electrons. The Hall–Kier alpha value is -3.09. The highest BCUT2D eigenvalue weighted by Crippen LogP contribution is 2.62. The molecule has 5 heterocycles. The Morgan fingerprint density at radius 1 is 1.19 bits per heavy atom. The summed E-state index contributed by atoms with van der Waals surface area (Å²) < 4.78 is 9.04. The molecular formula is C26H23N3O3. The van der Waals surface area contributed by atoms with Crippen LogP contribution in [0.5, 0.6) is 0 Å². The minimum atomic E-state index is -1.04. The summed E-state index contributed by atoms with van der Waals surface area (Å²) in [5.74, 6) is 0.116. The van der Waals surface area contributed by atoms with E-state index in [1.54, 1.807) is 0 Å². The number of ether oxygens (including phenoxy) is 1. The Kier molecular flexibility index (Phi) is 2.79. The van der Waals surface area contributed by atoms with Crippen LogP contribution in [0, 0.1) is 0 Å². The maximum atomic E-state index is 13.2. The minimum absolute atomic E-state index is 0.00423. The zero-order valence-corrected chi connectivity index (χ0v) is 17.9. The van der Waals surface area contributed by atoms with E-state index < -0.39 is 11.3 Å². The highest BCUT2D eigenvalue weighted by molar-refractivity contribution is 6.24. The molecule has 1 amide bonds. The molecule has 1 aliphatic carbocycles. The monoisotopic (exact) mass is 425 g/mol. The molecule has 1 fully saturated rings. The van der Waals surface area contributed by atoms with Gasteiger partial charge in [-0.25, -0.2) is 0 Å². The van der Waals surface area contributed by atoms with Crippen molar-refractivity contribution in [1.29, 1.82) is 0 Å². The minimum Gasteiger partial charge on any atom is -0.385 e. The van der Waals surface area contributed by atoms with E-state index >= 15 is 0 Å². The molecule has 32 heavy (non-hydrogen) atoms. The van der Waals surface area contributed by atoms with Gasteiger partial charge in [0.05, 0.1) is 28.3 Å². The molecule has 2 aromatic carbocycles. The Morgan fingerprint density at radius 2 is 2.00 bits per heavy atom. The zero-order chi connectivity index (χ0) is 21.6. The van der Waals surface area contributed by atoms with Crippen LogP contribution in [0.15, 0.2) is 48.6 Å². The van der Waals surface area contributed by atoms with Crippen molar-refractivity contribution in [3.05, 3.63) is 65.3 Å². The first-order chi connectivity index (χ1) is 15.4. The number of fused-ring (bicyclic) bond motifs is 13. The Bertz CT molecular complexity index is 1480. The van der Waals surface area contributed by atoms with Gasteiger partial charge in [0, 0.05) is 29.7 Å². The third-order valence-electron chi connectivity index (χ3n) is 8.58. The van der Waals surface area contributed by atoms with Gasteiger partial charge in [-0.3, -0.25) is 4.79 Å². The van der Waals surface area contributed by atoms with Gasteiger partial charge in [-0.1, -0.05) is 42.5 Å². The van der Waals surface area contributed by atoms with Crippen LogP contribution in [0.2, 0.25) is 0 Å². The van der Waals surface area contributed by atoms with Crippen molar-refractivity contribution in [3.8, 4) is 0 Å². The highest BCUT2D eigenvalue weighted by atomic mass is 16.6. The van der Waals surface area contributed by atoms with Crippen LogP contribution in [0.3, 0.4) is 0 Å². The van der Waals surface area contributed by atoms with Gasteiger partial charge in [0.1, 0.15) is 11.8 Å². The molecule has 6 heteroatoms. The largest absolute Gasteiger partial charge is 0.385 e. The average molecular weight is 425 g/mol. The Morgan fingerprint density at radius 3 is 2.88 bits per heavy atom. The number of carbonyl (C=O) groups excluding carboxylic acids is 1. The maximum Gasteiger partial charge on any atom is 0.252 e. The lowest BCUT2D eigenvalue weighted by atomic mass is 9.86. The van der Waals surface area contributed by atoms with Crippen LogP contribution in [0.1, 0.15) is 53.9 Å². The van der Waals surface area contributed by atoms with E-state index in [-0.39, 0.29) is 24.1 Å². The van der Waals surface area contributed by atoms with Crippen molar-refractivity contribution in [2.45, 2.75) is 56.3 Å². The lowest BCUT2D eigenvalue weighted by Gasteiger charge is -2.46. The summed E-state index contributed by atoms with van der Waals surface area (Å²) in [5.41, 5.74) is 4.41. The second-order valence-electron chi connectivity index (χ2n) is 10.1. The van der Waals surface area contributed by atoms with Gasteiger partial charge in [0.25, 0.3) is 5.91 Å². The van der Waals surface area contributed by atoms with Crippen molar-refractivity contribution >= 4 is 33.4 Å². The Balaban J connectivity index is 1.66. The zero-order valence-electron chi connectivity index (χ0n) is 17.9. The molecule has 3 unspecified atom stereocenters. The SMILES string of the molecule is C[C@@]1(O)CC2O[C@]1(C)N1c3c(c4c(c5c6ccccc6n2c35)C(=O)NC4)C2C=CC=CC21. The maximum absolute atomic E-state index is 13.2. The molecule has 5 aliphatic rings. The fourth-order valence-corrected chi connectivity index (χ4v) is 7.08. The first-order valence-corrected chi connectivity index (χ1v) is 11.4. The van der Waals surface area contributed by atoms with Gasteiger partial charge in [0.2, 0.25) is 0 Å². The molecule has 0 radical (unpaired) electrons. The lowest BCUT2D eigenvalue weighted by molar-refractivity contribution is -0.123. The van der Waals surface area contributed by atoms with E-state index in [9.17, 15) is 9.90 Å². The molecule has 1 aromatic heterocycles. The van der Waals surface area contributed by atoms with Crippen molar-refractivity contribution in [1.82, 2.24) is 9.88 Å². The highest BCUT2D eigenvalue weighted by Gasteiger charge is 2.64. The Labute approximate surface area is 184 Å². The molecule has 0 saturated carbocycles. The molecule has 8 rings (SSSR count). The molecule has 6 nitrogen and oxygen atoms in total. The number of hydrogen-bond acceptors (Lipinski definition) is 4. The summed E-state index contributed by atoms with van der Waals surface area (Å²) in [4.78, 5) is 15.5. The predicted octanol–water partition coefficient (Wildman–Crippen LogP) is 3.84. The molecule has 1 saturated heterocycles. The third kappa shape index (κ3) is 1.64. The van der Waals surface area contributed by atoms with Gasteiger partial charge in [-0.15, -0.1) is 0 Å². The van der Waals surface area contributed by atoms with Crippen LogP contribution in [0.25, 0.3) is 21.8 Å². The van der Waals surface area contributed by atoms with Crippen molar-refractivity contribution < 1.29 is 14.6 Å². The summed E-state index contributed by atoms with van der Waals surface area (Å²) in [6.45, 7) is 4.47. The molecule has 2 bridgehead atoms. The molecule has 3 aromatic rings. The smallest absolute Gasteiger partial charge is 0.252 e. The number of amides is 1. The van der Waals surface area contributed by atoms with Gasteiger partial charge >= 0.3 is 0 Å². The predicted molar refractivity (Wildman–Crippen MR) is 122 cm³/mol. The second kappa shape index (κ2) is 5.11. The van der Waals surface area contributed by atoms with Gasteiger partial charge in [-0.05, 0) is 31.0 Å². The second-order valence-corrected chi connectivity index (χ2v) is 10.1. The number of benzene rings is 2. The molecule has 4 aliphatic heterocycles. The molecule has 5 atom stereocenters. The molecular weight excluding hydrogens is 402 g/mol. The first-order valence-electron chi connectivity index (χ1n) is 11.4. The summed E-state index contributed by atoms with van der Waals surface area (Å²) in [7, 11) is 0. The van der Waals surface area contributed by atoms with E-state index in [1.807, 2.05) is 26.0 Å². The van der Waals surface area contributed by atoms with Crippen molar-refractivity contribution in [3.63, 3.8) is 0 Å². The number of allylic oxidation sites excluding steroid dienone is 2. The van der Waals surface area contributed by atoms with Crippen molar-refractivity contribution in [2.75, 3.05) is 4.90 Å². The van der Waals surface area contributed by atoms with E-state index in [0.29, 0.717) is 13.0 Å². The summed E-state index contributed by atoms with van der Waals surface area (Å²) >= 11 is 0. The number of nitrogens with one attached hydrogen (secondary N) is 1. The van der Waals surface area contributed by atoms with Gasteiger partial charge in [0.15, 0.2) is 5.72 Å². The normalized spacial score (nSPS) is 35.5. The fourth-order valence-electron chi connectivity index (χ4n) is 7.08. The van der Waals surface area contributed by atoms with Crippen LogP contribution in [-0.4, -0.2) is 32.9 Å². The summed E-state index contributed by atoms with van der Waals surface area (Å²) in [5, 5.41) is 16.9. The third-order valence-corrected chi connectivity index (χ3v) is 8.58. The standard InChI is InChI=1S/C26H23N3O3/c1-25(31)11-18-28-16-9-5-3-7-13(16)20-21-15(12-27-24(21)30)19-14-8-4-6-10-17(14)29(23(19)22(20)28)26(25,2)32-18/h3-10,14,17-18,31H,11-12H2,1-2H3,(H,27,30)/t14?,17?,18?,25-,26+/m1/s1. The van der Waals surface area contributed by atoms with Crippen molar-refractivity contribution in [2.24, 2.45) is 0 Å². The first kappa shape index (κ1) is 17.5. The quantitative estimate of drug-likeness (QED) is 0.575. The fraction of sp³-hybridized carbons (Fsp3) is 0.346. The molecule has 0 spiro atoms. The number of aliphatic hydroxyl groups is 1. The number of para-hydroxylation sites is 1. The van der Waals surface area contributed by atoms with E-state index in [1.165, 1.54) is 5.56 Å². The number of carbonyl (C=O) groups is 1. The van der Waals surface area contributed by atoms with Crippen LogP contribution in [-0.2, 0) is 11.3 Å². The topological polar surface area (TPSA) is 66.7 Å². The number of aromatic nitrogens is 1. The summed E-state index contributed by atoms with van der Waals surface area (Å²) in [6.07, 6.45) is 8.80. The van der Waals surface area contributed by atoms with E-state index in [0.717, 1.165) is 38.6 Å². The number of nitrogens with zero attached hydrogens (tertiary/aromatic N) is 2. The van der Waals surface area contributed by atoms with E-state index in [4.69, 9.17) is 4.74 Å². The van der Waals surface area contributed by atoms with E-state index in [2.05, 4.69) is 51.2 Å². The van der Waals surface area contributed by atoms with Gasteiger partial charge in [-0.2, -0.15) is 0 Å². The average Bonchev–Trinajstić information content (AvgIpc) is 3.45. The lowest BCUT2D eigenvalue weighted by Crippen LogP contribution is -2.61. The number of anilines is 1. The molecule has 2 N–H and O–H groups in total. The van der Waals surface area contributed by atoms with Crippen LogP contribution >= 0.6 is 0 Å². The number of hydrogen-bond donors (Lipinski definition) is 2.